The van der Waals surface area contributed by atoms with E-state index < -0.39 is 0 Å². The van der Waals surface area contributed by atoms with Crippen LogP contribution in [-0.4, -0.2) is 71.1 Å². The van der Waals surface area contributed by atoms with Crippen molar-refractivity contribution in [1.82, 2.24) is 20.0 Å². The van der Waals surface area contributed by atoms with Crippen LogP contribution in [0.3, 0.4) is 0 Å². The van der Waals surface area contributed by atoms with Crippen molar-refractivity contribution < 1.29 is 14.0 Å². The number of carbonyl (C=O) groups excluding carboxylic acids is 2. The molecular formula is C22H28FN5O2. The predicted molar refractivity (Wildman–Crippen MR) is 113 cm³/mol. The summed E-state index contributed by atoms with van der Waals surface area (Å²) >= 11 is 0. The van der Waals surface area contributed by atoms with Gasteiger partial charge in [-0.25, -0.2) is 4.39 Å². The summed E-state index contributed by atoms with van der Waals surface area (Å²) in [6.45, 7) is 8.69. The minimum atomic E-state index is -0.286. The van der Waals surface area contributed by atoms with Crippen LogP contribution in [0.25, 0.3) is 11.3 Å². The average Bonchev–Trinajstić information content (AvgIpc) is 2.77. The van der Waals surface area contributed by atoms with Crippen molar-refractivity contribution >= 4 is 17.6 Å². The Bertz CT molecular complexity index is 862. The fourth-order valence-corrected chi connectivity index (χ4v) is 3.43. The van der Waals surface area contributed by atoms with Crippen molar-refractivity contribution in [1.29, 1.82) is 0 Å². The third kappa shape index (κ3) is 5.11. The summed E-state index contributed by atoms with van der Waals surface area (Å²) in [7, 11) is 0. The van der Waals surface area contributed by atoms with E-state index in [0.717, 1.165) is 11.4 Å². The summed E-state index contributed by atoms with van der Waals surface area (Å²) in [6.07, 6.45) is 0. The third-order valence-corrected chi connectivity index (χ3v) is 5.26. The number of benzene rings is 1. The lowest BCUT2D eigenvalue weighted by Crippen LogP contribution is -2.52. The fraction of sp³-hybridized carbons (Fsp3) is 0.455. The molecule has 2 aromatic rings. The van der Waals surface area contributed by atoms with Crippen LogP contribution in [0.2, 0.25) is 0 Å². The Morgan fingerprint density at radius 1 is 1.03 bits per heavy atom. The van der Waals surface area contributed by atoms with Crippen molar-refractivity contribution in [2.24, 2.45) is 5.92 Å². The van der Waals surface area contributed by atoms with Gasteiger partial charge in [0.15, 0.2) is 5.82 Å². The highest BCUT2D eigenvalue weighted by atomic mass is 19.1. The van der Waals surface area contributed by atoms with E-state index >= 15 is 0 Å². The van der Waals surface area contributed by atoms with E-state index in [0.29, 0.717) is 38.4 Å². The van der Waals surface area contributed by atoms with Crippen molar-refractivity contribution in [3.63, 3.8) is 0 Å². The Morgan fingerprint density at radius 2 is 1.70 bits per heavy atom. The largest absolute Gasteiger partial charge is 0.352 e. The number of rotatable bonds is 6. The minimum Gasteiger partial charge on any atom is -0.352 e. The van der Waals surface area contributed by atoms with E-state index in [2.05, 4.69) is 15.1 Å². The summed E-state index contributed by atoms with van der Waals surface area (Å²) in [6, 6.07) is 9.90. The Hall–Kier alpha value is -3.03. The number of likely N-dealkylation sites (N-methyl/N-ethyl adjacent to an activating group) is 1. The SMILES string of the molecule is CCN(CC(=O)N1CCN(c2ccc(-c3ccc(F)cc3)nn2)CC1)C(=O)C(C)C. The molecule has 1 aromatic heterocycles. The Balaban J connectivity index is 1.55. The van der Waals surface area contributed by atoms with Crippen LogP contribution in [0.15, 0.2) is 36.4 Å². The van der Waals surface area contributed by atoms with Gasteiger partial charge in [-0.2, -0.15) is 0 Å². The summed E-state index contributed by atoms with van der Waals surface area (Å²) in [5.74, 6) is 0.319. The van der Waals surface area contributed by atoms with Crippen LogP contribution in [0, 0.1) is 11.7 Å². The van der Waals surface area contributed by atoms with Gasteiger partial charge in [-0.3, -0.25) is 9.59 Å². The molecule has 0 atom stereocenters. The molecule has 2 amide bonds. The molecule has 7 nitrogen and oxygen atoms in total. The number of aromatic nitrogens is 2. The van der Waals surface area contributed by atoms with Gasteiger partial charge in [0.1, 0.15) is 5.82 Å². The Labute approximate surface area is 176 Å². The van der Waals surface area contributed by atoms with Crippen LogP contribution in [0.1, 0.15) is 20.8 Å². The van der Waals surface area contributed by atoms with Gasteiger partial charge in [-0.05, 0) is 43.3 Å². The van der Waals surface area contributed by atoms with Gasteiger partial charge >= 0.3 is 0 Å². The fourth-order valence-electron chi connectivity index (χ4n) is 3.43. The van der Waals surface area contributed by atoms with Gasteiger partial charge in [0, 0.05) is 44.2 Å². The van der Waals surface area contributed by atoms with Crippen molar-refractivity contribution in [2.45, 2.75) is 20.8 Å². The van der Waals surface area contributed by atoms with E-state index in [1.165, 1.54) is 12.1 Å². The molecule has 0 radical (unpaired) electrons. The highest BCUT2D eigenvalue weighted by molar-refractivity contribution is 5.85. The second-order valence-corrected chi connectivity index (χ2v) is 7.66. The number of anilines is 1. The number of nitrogens with zero attached hydrogens (tertiary/aromatic N) is 5. The first-order valence-corrected chi connectivity index (χ1v) is 10.3. The molecule has 0 saturated carbocycles. The second-order valence-electron chi connectivity index (χ2n) is 7.66. The highest BCUT2D eigenvalue weighted by Gasteiger charge is 2.25. The zero-order chi connectivity index (χ0) is 21.7. The summed E-state index contributed by atoms with van der Waals surface area (Å²) in [5, 5.41) is 8.56. The quantitative estimate of drug-likeness (QED) is 0.728. The van der Waals surface area contributed by atoms with Crippen LogP contribution < -0.4 is 4.90 Å². The molecule has 1 saturated heterocycles. The van der Waals surface area contributed by atoms with Gasteiger partial charge in [-0.1, -0.05) is 13.8 Å². The van der Waals surface area contributed by atoms with Crippen molar-refractivity contribution in [3.05, 3.63) is 42.2 Å². The second kappa shape index (κ2) is 9.65. The number of piperazine rings is 1. The Kier molecular flexibility index (Phi) is 6.97. The zero-order valence-electron chi connectivity index (χ0n) is 17.7. The van der Waals surface area contributed by atoms with Crippen LogP contribution in [0.4, 0.5) is 10.2 Å². The lowest BCUT2D eigenvalue weighted by Gasteiger charge is -2.36. The van der Waals surface area contributed by atoms with Gasteiger partial charge in [0.05, 0.1) is 12.2 Å². The summed E-state index contributed by atoms with van der Waals surface area (Å²) in [4.78, 5) is 30.3. The molecule has 0 bridgehead atoms. The molecule has 0 aliphatic carbocycles. The van der Waals surface area contributed by atoms with Crippen LogP contribution in [0.5, 0.6) is 0 Å². The van der Waals surface area contributed by atoms with E-state index in [9.17, 15) is 14.0 Å². The maximum Gasteiger partial charge on any atom is 0.242 e. The first-order valence-electron chi connectivity index (χ1n) is 10.3. The average molecular weight is 413 g/mol. The highest BCUT2D eigenvalue weighted by Crippen LogP contribution is 2.20. The Morgan fingerprint density at radius 3 is 2.23 bits per heavy atom. The molecule has 2 heterocycles. The lowest BCUT2D eigenvalue weighted by molar-refractivity contribution is -0.142. The molecule has 30 heavy (non-hydrogen) atoms. The number of carbonyl (C=O) groups is 2. The standard InChI is InChI=1S/C22H28FN5O2/c1-4-26(22(30)16(2)3)15-21(29)28-13-11-27(12-14-28)20-10-9-19(24-25-20)17-5-7-18(23)8-6-17/h5-10,16H,4,11-15H2,1-3H3. The first-order chi connectivity index (χ1) is 14.4. The van der Waals surface area contributed by atoms with E-state index in [4.69, 9.17) is 0 Å². The zero-order valence-corrected chi connectivity index (χ0v) is 17.7. The molecule has 8 heteroatoms. The van der Waals surface area contributed by atoms with Crippen molar-refractivity contribution in [2.75, 3.05) is 44.2 Å². The van der Waals surface area contributed by atoms with Gasteiger partial charge in [0.2, 0.25) is 11.8 Å². The predicted octanol–water partition coefficient (Wildman–Crippen LogP) is 2.44. The molecule has 3 rings (SSSR count). The third-order valence-electron chi connectivity index (χ3n) is 5.26. The van der Waals surface area contributed by atoms with Gasteiger partial charge < -0.3 is 14.7 Å². The van der Waals surface area contributed by atoms with Crippen LogP contribution in [-0.2, 0) is 9.59 Å². The smallest absolute Gasteiger partial charge is 0.242 e. The van der Waals surface area contributed by atoms with E-state index in [1.54, 1.807) is 21.9 Å². The summed E-state index contributed by atoms with van der Waals surface area (Å²) in [5.41, 5.74) is 1.49. The molecule has 0 unspecified atom stereocenters. The molecule has 1 aliphatic rings. The van der Waals surface area contributed by atoms with E-state index in [1.807, 2.05) is 32.9 Å². The monoisotopic (exact) mass is 413 g/mol. The number of amides is 2. The van der Waals surface area contributed by atoms with Gasteiger partial charge in [0.25, 0.3) is 0 Å². The van der Waals surface area contributed by atoms with Crippen LogP contribution >= 0.6 is 0 Å². The normalized spacial score (nSPS) is 14.2. The number of halogens is 1. The van der Waals surface area contributed by atoms with Crippen molar-refractivity contribution in [3.8, 4) is 11.3 Å². The summed E-state index contributed by atoms with van der Waals surface area (Å²) < 4.78 is 13.1. The molecule has 1 fully saturated rings. The van der Waals surface area contributed by atoms with E-state index in [-0.39, 0.29) is 30.1 Å². The molecule has 160 valence electrons. The lowest BCUT2D eigenvalue weighted by atomic mass is 10.1. The molecule has 0 N–H and O–H groups in total. The minimum absolute atomic E-state index is 0.000930. The number of hydrogen-bond donors (Lipinski definition) is 0. The van der Waals surface area contributed by atoms with Gasteiger partial charge in [-0.15, -0.1) is 10.2 Å². The first kappa shape index (κ1) is 21.7. The maximum absolute atomic E-state index is 13.1. The molecule has 1 aliphatic heterocycles. The molecule has 0 spiro atoms. The topological polar surface area (TPSA) is 69.6 Å². The number of hydrogen-bond acceptors (Lipinski definition) is 5. The molecule has 1 aromatic carbocycles. The molecular weight excluding hydrogens is 385 g/mol. The maximum atomic E-state index is 13.1.